The summed E-state index contributed by atoms with van der Waals surface area (Å²) < 4.78 is 6.28. The van der Waals surface area contributed by atoms with Gasteiger partial charge in [-0.15, -0.1) is 0 Å². The number of ketones is 1. The number of ether oxygens (including phenoxy) is 1. The van der Waals surface area contributed by atoms with Crippen molar-refractivity contribution in [2.75, 3.05) is 18.4 Å². The summed E-state index contributed by atoms with van der Waals surface area (Å²) in [7, 11) is 0. The number of halogens is 1. The number of amides is 2. The number of nitrogens with zero attached hydrogens (tertiary/aromatic N) is 1. The van der Waals surface area contributed by atoms with E-state index in [0.717, 1.165) is 11.3 Å². The predicted octanol–water partition coefficient (Wildman–Crippen LogP) is 4.68. The number of hydrogen-bond acceptors (Lipinski definition) is 3. The fraction of sp³-hybridized carbons (Fsp3) is 0.333. The Morgan fingerprint density at radius 3 is 2.59 bits per heavy atom. The summed E-state index contributed by atoms with van der Waals surface area (Å²) in [6, 6.07) is 12.8. The molecule has 2 aliphatic heterocycles. The van der Waals surface area contributed by atoms with Gasteiger partial charge in [-0.05, 0) is 36.8 Å². The number of carbonyl (C=O) groups is 2. The minimum atomic E-state index is -0.534. The zero-order valence-electron chi connectivity index (χ0n) is 15.1. The zero-order chi connectivity index (χ0) is 19.0. The Morgan fingerprint density at radius 2 is 1.89 bits per heavy atom. The van der Waals surface area contributed by atoms with Crippen molar-refractivity contribution in [1.82, 2.24) is 4.90 Å². The van der Waals surface area contributed by atoms with E-state index >= 15 is 0 Å². The molecule has 5 nitrogen and oxygen atoms in total. The van der Waals surface area contributed by atoms with Crippen LogP contribution in [0.3, 0.4) is 0 Å². The van der Waals surface area contributed by atoms with Gasteiger partial charge >= 0.3 is 6.03 Å². The molecule has 0 aliphatic carbocycles. The lowest BCUT2D eigenvalue weighted by molar-refractivity contribution is 0.000358. The van der Waals surface area contributed by atoms with Crippen LogP contribution in [-0.4, -0.2) is 35.4 Å². The second kappa shape index (κ2) is 6.89. The van der Waals surface area contributed by atoms with Crippen molar-refractivity contribution in [3.05, 3.63) is 58.6 Å². The third kappa shape index (κ3) is 3.52. The van der Waals surface area contributed by atoms with Crippen LogP contribution in [0.5, 0.6) is 5.75 Å². The number of para-hydroxylation sites is 1. The Bertz CT molecular complexity index is 890. The number of nitrogens with one attached hydrogen (secondary N) is 1. The number of hydrogen-bond donors (Lipinski definition) is 1. The number of anilines is 1. The summed E-state index contributed by atoms with van der Waals surface area (Å²) in [5, 5.41) is 3.48. The topological polar surface area (TPSA) is 58.6 Å². The molecule has 0 radical (unpaired) electrons. The van der Waals surface area contributed by atoms with Crippen LogP contribution in [0.2, 0.25) is 5.02 Å². The Balaban J connectivity index is 1.45. The van der Waals surface area contributed by atoms with Crippen molar-refractivity contribution in [2.24, 2.45) is 0 Å². The standard InChI is InChI=1S/C21H21ClN2O3/c1-14-11-19-16(12-17(14)22)18(25)13-21(27-19)7-9-24(10-8-21)20(26)23-15-5-3-2-4-6-15/h2-6,11-12H,7-10,13H2,1H3,(H,23,26). The van der Waals surface area contributed by atoms with E-state index in [2.05, 4.69) is 5.32 Å². The summed E-state index contributed by atoms with van der Waals surface area (Å²) in [5.74, 6) is 0.663. The van der Waals surface area contributed by atoms with Gasteiger partial charge in [-0.25, -0.2) is 4.79 Å². The third-order valence-corrected chi connectivity index (χ3v) is 5.76. The molecule has 4 rings (SSSR count). The molecule has 0 saturated carbocycles. The van der Waals surface area contributed by atoms with Crippen LogP contribution in [0.1, 0.15) is 35.2 Å². The van der Waals surface area contributed by atoms with E-state index < -0.39 is 5.60 Å². The maximum Gasteiger partial charge on any atom is 0.321 e. The van der Waals surface area contributed by atoms with Gasteiger partial charge in [0.1, 0.15) is 11.4 Å². The molecule has 1 N–H and O–H groups in total. The highest BCUT2D eigenvalue weighted by Crippen LogP contribution is 2.41. The lowest BCUT2D eigenvalue weighted by Crippen LogP contribution is -2.53. The summed E-state index contributed by atoms with van der Waals surface area (Å²) in [4.78, 5) is 26.9. The highest BCUT2D eigenvalue weighted by Gasteiger charge is 2.43. The largest absolute Gasteiger partial charge is 0.486 e. The van der Waals surface area contributed by atoms with Gasteiger partial charge in [0, 0.05) is 36.6 Å². The number of benzene rings is 2. The minimum Gasteiger partial charge on any atom is -0.486 e. The van der Waals surface area contributed by atoms with Crippen molar-refractivity contribution in [3.8, 4) is 5.75 Å². The number of aryl methyl sites for hydroxylation is 1. The van der Waals surface area contributed by atoms with Gasteiger partial charge in [0.15, 0.2) is 5.78 Å². The molecule has 1 fully saturated rings. The fourth-order valence-corrected chi connectivity index (χ4v) is 3.90. The minimum absolute atomic E-state index is 0.0559. The van der Waals surface area contributed by atoms with Gasteiger partial charge in [-0.1, -0.05) is 29.8 Å². The summed E-state index contributed by atoms with van der Waals surface area (Å²) in [5.41, 5.74) is 1.68. The van der Waals surface area contributed by atoms with Crippen molar-refractivity contribution in [1.29, 1.82) is 0 Å². The predicted molar refractivity (Wildman–Crippen MR) is 105 cm³/mol. The summed E-state index contributed by atoms with van der Waals surface area (Å²) in [6.45, 7) is 3.00. The first kappa shape index (κ1) is 17.9. The number of fused-ring (bicyclic) bond motifs is 1. The fourth-order valence-electron chi connectivity index (χ4n) is 3.73. The summed E-state index contributed by atoms with van der Waals surface area (Å²) in [6.07, 6.45) is 1.58. The molecule has 2 aromatic rings. The molecule has 27 heavy (non-hydrogen) atoms. The smallest absolute Gasteiger partial charge is 0.321 e. The van der Waals surface area contributed by atoms with Crippen LogP contribution >= 0.6 is 11.6 Å². The Morgan fingerprint density at radius 1 is 1.19 bits per heavy atom. The SMILES string of the molecule is Cc1cc2c(cc1Cl)C(=O)CC1(CCN(C(=O)Nc3ccccc3)CC1)O2. The van der Waals surface area contributed by atoms with Crippen LogP contribution in [0.25, 0.3) is 0 Å². The van der Waals surface area contributed by atoms with Crippen molar-refractivity contribution in [3.63, 3.8) is 0 Å². The Labute approximate surface area is 163 Å². The first-order valence-electron chi connectivity index (χ1n) is 9.09. The molecule has 2 aliphatic rings. The van der Waals surface area contributed by atoms with Crippen LogP contribution in [0, 0.1) is 6.92 Å². The average Bonchev–Trinajstić information content (AvgIpc) is 2.65. The monoisotopic (exact) mass is 384 g/mol. The maximum absolute atomic E-state index is 12.6. The molecule has 2 aromatic carbocycles. The lowest BCUT2D eigenvalue weighted by atomic mass is 9.82. The second-order valence-electron chi connectivity index (χ2n) is 7.27. The molecule has 0 unspecified atom stereocenters. The van der Waals surface area contributed by atoms with Crippen molar-refractivity contribution >= 4 is 29.1 Å². The van der Waals surface area contributed by atoms with E-state index in [9.17, 15) is 9.59 Å². The third-order valence-electron chi connectivity index (χ3n) is 5.36. The average molecular weight is 385 g/mol. The Kier molecular flexibility index (Phi) is 4.56. The van der Waals surface area contributed by atoms with E-state index in [1.165, 1.54) is 0 Å². The Hall–Kier alpha value is -2.53. The molecule has 6 heteroatoms. The number of Topliss-reactive ketones (excluding diaryl/α,β-unsaturated/α-hetero) is 1. The normalized spacial score (nSPS) is 18.0. The van der Waals surface area contributed by atoms with E-state index in [4.69, 9.17) is 16.3 Å². The van der Waals surface area contributed by atoms with E-state index in [0.29, 0.717) is 48.7 Å². The molecular formula is C21H21ClN2O3. The molecule has 0 bridgehead atoms. The number of likely N-dealkylation sites (tertiary alicyclic amines) is 1. The van der Waals surface area contributed by atoms with Crippen molar-refractivity contribution < 1.29 is 14.3 Å². The van der Waals surface area contributed by atoms with Crippen LogP contribution in [-0.2, 0) is 0 Å². The van der Waals surface area contributed by atoms with Crippen LogP contribution in [0.4, 0.5) is 10.5 Å². The zero-order valence-corrected chi connectivity index (χ0v) is 15.9. The van der Waals surface area contributed by atoms with Gasteiger partial charge in [0.25, 0.3) is 0 Å². The summed E-state index contributed by atoms with van der Waals surface area (Å²) >= 11 is 6.15. The second-order valence-corrected chi connectivity index (χ2v) is 7.67. The van der Waals surface area contributed by atoms with Crippen LogP contribution < -0.4 is 10.1 Å². The highest BCUT2D eigenvalue weighted by atomic mass is 35.5. The molecule has 1 spiro atoms. The van der Waals surface area contributed by atoms with Gasteiger partial charge in [0.2, 0.25) is 0 Å². The number of urea groups is 1. The molecule has 2 amide bonds. The molecular weight excluding hydrogens is 364 g/mol. The van der Waals surface area contributed by atoms with E-state index in [1.807, 2.05) is 43.3 Å². The molecule has 0 atom stereocenters. The molecule has 140 valence electrons. The number of rotatable bonds is 1. The lowest BCUT2D eigenvalue weighted by Gasteiger charge is -2.44. The van der Waals surface area contributed by atoms with Gasteiger partial charge in [-0.2, -0.15) is 0 Å². The van der Waals surface area contributed by atoms with E-state index in [1.54, 1.807) is 11.0 Å². The van der Waals surface area contributed by atoms with Crippen molar-refractivity contribution in [2.45, 2.75) is 31.8 Å². The highest BCUT2D eigenvalue weighted by molar-refractivity contribution is 6.31. The number of piperidine rings is 1. The van der Waals surface area contributed by atoms with E-state index in [-0.39, 0.29) is 11.8 Å². The van der Waals surface area contributed by atoms with Gasteiger partial charge in [0.05, 0.1) is 12.0 Å². The van der Waals surface area contributed by atoms with Gasteiger partial charge in [-0.3, -0.25) is 4.79 Å². The molecule has 0 aromatic heterocycles. The first-order valence-corrected chi connectivity index (χ1v) is 9.47. The van der Waals surface area contributed by atoms with Gasteiger partial charge < -0.3 is 15.0 Å². The van der Waals surface area contributed by atoms with Crippen LogP contribution in [0.15, 0.2) is 42.5 Å². The molecule has 2 heterocycles. The maximum atomic E-state index is 12.6. The quantitative estimate of drug-likeness (QED) is 0.776. The number of carbonyl (C=O) groups excluding carboxylic acids is 2. The molecule has 1 saturated heterocycles. The first-order chi connectivity index (χ1) is 13.0.